The SMILES string of the molecule is CCC(C)Nc1nncc(Nc2ccc(C(C)C)cc2)n1. The molecule has 0 aliphatic heterocycles. The molecule has 1 aromatic carbocycles. The fourth-order valence-electron chi connectivity index (χ4n) is 1.85. The van der Waals surface area contributed by atoms with Crippen LogP contribution in [0.3, 0.4) is 0 Å². The highest BCUT2D eigenvalue weighted by molar-refractivity contribution is 5.56. The Labute approximate surface area is 126 Å². The summed E-state index contributed by atoms with van der Waals surface area (Å²) in [5.41, 5.74) is 2.31. The Morgan fingerprint density at radius 1 is 1.10 bits per heavy atom. The van der Waals surface area contributed by atoms with Crippen LogP contribution in [0, 0.1) is 0 Å². The zero-order valence-corrected chi connectivity index (χ0v) is 13.1. The highest BCUT2D eigenvalue weighted by Gasteiger charge is 2.05. The van der Waals surface area contributed by atoms with Crippen molar-refractivity contribution in [3.05, 3.63) is 36.0 Å². The van der Waals surface area contributed by atoms with Crippen molar-refractivity contribution >= 4 is 17.5 Å². The first-order chi connectivity index (χ1) is 10.1. The maximum Gasteiger partial charge on any atom is 0.244 e. The molecule has 112 valence electrons. The summed E-state index contributed by atoms with van der Waals surface area (Å²) in [5, 5.41) is 14.4. The first kappa shape index (κ1) is 15.2. The van der Waals surface area contributed by atoms with E-state index < -0.39 is 0 Å². The van der Waals surface area contributed by atoms with Gasteiger partial charge in [-0.25, -0.2) is 0 Å². The van der Waals surface area contributed by atoms with Crippen molar-refractivity contribution in [1.82, 2.24) is 15.2 Å². The van der Waals surface area contributed by atoms with Crippen LogP contribution in [0.25, 0.3) is 0 Å². The standard InChI is InChI=1S/C16H23N5/c1-5-12(4)18-16-20-15(10-17-21-16)19-14-8-6-13(7-9-14)11(2)3/h6-12H,5H2,1-4H3,(H2,18,19,20,21). The van der Waals surface area contributed by atoms with Crippen LogP contribution in [0.15, 0.2) is 30.5 Å². The number of benzene rings is 1. The van der Waals surface area contributed by atoms with E-state index in [0.29, 0.717) is 23.7 Å². The summed E-state index contributed by atoms with van der Waals surface area (Å²) in [6.07, 6.45) is 2.63. The summed E-state index contributed by atoms with van der Waals surface area (Å²) >= 11 is 0. The lowest BCUT2D eigenvalue weighted by Gasteiger charge is -2.12. The Morgan fingerprint density at radius 3 is 2.43 bits per heavy atom. The number of nitrogens with zero attached hydrogens (tertiary/aromatic N) is 3. The van der Waals surface area contributed by atoms with E-state index in [1.807, 2.05) is 0 Å². The van der Waals surface area contributed by atoms with Gasteiger partial charge in [0.2, 0.25) is 5.95 Å². The van der Waals surface area contributed by atoms with E-state index in [-0.39, 0.29) is 0 Å². The largest absolute Gasteiger partial charge is 0.350 e. The van der Waals surface area contributed by atoms with Crippen LogP contribution in [0.2, 0.25) is 0 Å². The number of aromatic nitrogens is 3. The Balaban J connectivity index is 2.07. The number of anilines is 3. The van der Waals surface area contributed by atoms with Crippen molar-refractivity contribution < 1.29 is 0 Å². The first-order valence-electron chi connectivity index (χ1n) is 7.41. The molecule has 0 fully saturated rings. The Morgan fingerprint density at radius 2 is 1.81 bits per heavy atom. The van der Waals surface area contributed by atoms with Crippen molar-refractivity contribution in [2.24, 2.45) is 0 Å². The van der Waals surface area contributed by atoms with Gasteiger partial charge < -0.3 is 10.6 Å². The molecule has 1 unspecified atom stereocenters. The maximum absolute atomic E-state index is 4.42. The van der Waals surface area contributed by atoms with Crippen molar-refractivity contribution in [2.45, 2.75) is 46.1 Å². The third-order valence-corrected chi connectivity index (χ3v) is 3.40. The molecule has 0 bridgehead atoms. The van der Waals surface area contributed by atoms with Gasteiger partial charge in [0.15, 0.2) is 5.82 Å². The minimum absolute atomic E-state index is 0.326. The number of hydrogen-bond acceptors (Lipinski definition) is 5. The molecule has 0 radical (unpaired) electrons. The van der Waals surface area contributed by atoms with Gasteiger partial charge in [-0.05, 0) is 37.0 Å². The van der Waals surface area contributed by atoms with E-state index in [0.717, 1.165) is 12.1 Å². The lowest BCUT2D eigenvalue weighted by Crippen LogP contribution is -2.16. The molecule has 5 heteroatoms. The second-order valence-electron chi connectivity index (χ2n) is 5.52. The van der Waals surface area contributed by atoms with Crippen LogP contribution in [-0.2, 0) is 0 Å². The fraction of sp³-hybridized carbons (Fsp3) is 0.438. The Hall–Kier alpha value is -2.17. The van der Waals surface area contributed by atoms with Gasteiger partial charge in [-0.15, -0.1) is 5.10 Å². The van der Waals surface area contributed by atoms with Gasteiger partial charge in [-0.1, -0.05) is 32.9 Å². The topological polar surface area (TPSA) is 62.7 Å². The van der Waals surface area contributed by atoms with E-state index >= 15 is 0 Å². The van der Waals surface area contributed by atoms with Crippen LogP contribution in [0.4, 0.5) is 17.5 Å². The molecule has 1 heterocycles. The lowest BCUT2D eigenvalue weighted by atomic mass is 10.0. The second kappa shape index (κ2) is 7.02. The Kier molecular flexibility index (Phi) is 5.09. The molecule has 5 nitrogen and oxygen atoms in total. The number of hydrogen-bond donors (Lipinski definition) is 2. The predicted molar refractivity (Wildman–Crippen MR) is 87.0 cm³/mol. The van der Waals surface area contributed by atoms with E-state index in [9.17, 15) is 0 Å². The van der Waals surface area contributed by atoms with Crippen LogP contribution >= 0.6 is 0 Å². The van der Waals surface area contributed by atoms with E-state index in [2.05, 4.69) is 77.8 Å². The van der Waals surface area contributed by atoms with Gasteiger partial charge in [-0.3, -0.25) is 0 Å². The van der Waals surface area contributed by atoms with Gasteiger partial charge >= 0.3 is 0 Å². The molecule has 2 rings (SSSR count). The van der Waals surface area contributed by atoms with Crippen molar-refractivity contribution in [3.63, 3.8) is 0 Å². The summed E-state index contributed by atoms with van der Waals surface area (Å²) < 4.78 is 0. The average molecular weight is 285 g/mol. The molecule has 0 aliphatic rings. The molecule has 0 saturated heterocycles. The van der Waals surface area contributed by atoms with E-state index in [4.69, 9.17) is 0 Å². The van der Waals surface area contributed by atoms with Crippen molar-refractivity contribution in [3.8, 4) is 0 Å². The lowest BCUT2D eigenvalue weighted by molar-refractivity contribution is 0.746. The molecule has 0 amide bonds. The van der Waals surface area contributed by atoms with Crippen molar-refractivity contribution in [1.29, 1.82) is 0 Å². The van der Waals surface area contributed by atoms with Gasteiger partial charge in [0.1, 0.15) is 0 Å². The number of nitrogens with one attached hydrogen (secondary N) is 2. The summed E-state index contributed by atoms with van der Waals surface area (Å²) in [7, 11) is 0. The van der Waals surface area contributed by atoms with E-state index in [1.54, 1.807) is 6.20 Å². The zero-order chi connectivity index (χ0) is 15.2. The van der Waals surface area contributed by atoms with Crippen molar-refractivity contribution in [2.75, 3.05) is 10.6 Å². The monoisotopic (exact) mass is 285 g/mol. The van der Waals surface area contributed by atoms with Crippen LogP contribution in [0.1, 0.15) is 45.6 Å². The van der Waals surface area contributed by atoms with Gasteiger partial charge in [0.05, 0.1) is 6.20 Å². The smallest absolute Gasteiger partial charge is 0.244 e. The first-order valence-corrected chi connectivity index (χ1v) is 7.41. The molecular weight excluding hydrogens is 262 g/mol. The fourth-order valence-corrected chi connectivity index (χ4v) is 1.85. The molecule has 2 aromatic rings. The molecule has 0 aliphatic carbocycles. The minimum atomic E-state index is 0.326. The molecule has 0 spiro atoms. The van der Waals surface area contributed by atoms with Crippen LogP contribution < -0.4 is 10.6 Å². The molecule has 1 atom stereocenters. The maximum atomic E-state index is 4.42. The minimum Gasteiger partial charge on any atom is -0.350 e. The predicted octanol–water partition coefficient (Wildman–Crippen LogP) is 3.95. The highest BCUT2D eigenvalue weighted by atomic mass is 15.3. The average Bonchev–Trinajstić information content (AvgIpc) is 2.48. The summed E-state index contributed by atoms with van der Waals surface area (Å²) in [5.74, 6) is 1.77. The van der Waals surface area contributed by atoms with Gasteiger partial charge in [-0.2, -0.15) is 10.1 Å². The summed E-state index contributed by atoms with van der Waals surface area (Å²) in [6, 6.07) is 8.69. The van der Waals surface area contributed by atoms with Crippen LogP contribution in [0.5, 0.6) is 0 Å². The highest BCUT2D eigenvalue weighted by Crippen LogP contribution is 2.19. The van der Waals surface area contributed by atoms with Gasteiger partial charge in [0, 0.05) is 11.7 Å². The summed E-state index contributed by atoms with van der Waals surface area (Å²) in [4.78, 5) is 4.42. The molecular formula is C16H23N5. The van der Waals surface area contributed by atoms with E-state index in [1.165, 1.54) is 5.56 Å². The van der Waals surface area contributed by atoms with Gasteiger partial charge in [0.25, 0.3) is 0 Å². The Bertz CT molecular complexity index is 565. The van der Waals surface area contributed by atoms with Crippen LogP contribution in [-0.4, -0.2) is 21.2 Å². The normalized spacial score (nSPS) is 12.2. The molecule has 21 heavy (non-hydrogen) atoms. The third kappa shape index (κ3) is 4.41. The third-order valence-electron chi connectivity index (χ3n) is 3.40. The summed E-state index contributed by atoms with van der Waals surface area (Å²) in [6.45, 7) is 8.57. The quantitative estimate of drug-likeness (QED) is 0.841. The molecule has 2 N–H and O–H groups in total. The number of rotatable bonds is 6. The zero-order valence-electron chi connectivity index (χ0n) is 13.1. The second-order valence-corrected chi connectivity index (χ2v) is 5.52. The molecule has 0 saturated carbocycles. The molecule has 1 aromatic heterocycles.